The monoisotopic (exact) mass is 452 g/mol. The number of pyridine rings is 1. The normalized spacial score (nSPS) is 16.6. The summed E-state index contributed by atoms with van der Waals surface area (Å²) < 4.78 is 21.2. The van der Waals surface area contributed by atoms with E-state index in [1.165, 1.54) is 12.1 Å². The fraction of sp³-hybridized carbons (Fsp3) is 0.292. The van der Waals surface area contributed by atoms with E-state index in [1.54, 1.807) is 35.0 Å². The van der Waals surface area contributed by atoms with Crippen LogP contribution in [0.15, 0.2) is 53.2 Å². The third-order valence-electron chi connectivity index (χ3n) is 5.86. The summed E-state index contributed by atoms with van der Waals surface area (Å²) in [5, 5.41) is 0.547. The van der Waals surface area contributed by atoms with E-state index in [2.05, 4.69) is 9.97 Å². The smallest absolute Gasteiger partial charge is 0.272 e. The van der Waals surface area contributed by atoms with Crippen LogP contribution in [0.1, 0.15) is 52.2 Å². The summed E-state index contributed by atoms with van der Waals surface area (Å²) in [7, 11) is 0. The highest BCUT2D eigenvalue weighted by molar-refractivity contribution is 6.30. The number of oxazole rings is 1. The molecule has 0 spiro atoms. The topological polar surface area (TPSA) is 63.6 Å². The van der Waals surface area contributed by atoms with Gasteiger partial charge in [-0.3, -0.25) is 9.20 Å². The second-order valence-corrected chi connectivity index (χ2v) is 8.62. The second kappa shape index (κ2) is 8.39. The molecule has 1 saturated heterocycles. The van der Waals surface area contributed by atoms with Gasteiger partial charge in [0, 0.05) is 25.7 Å². The van der Waals surface area contributed by atoms with Crippen LogP contribution in [0.25, 0.3) is 5.65 Å². The summed E-state index contributed by atoms with van der Waals surface area (Å²) in [6, 6.07) is 10.0. The number of piperidine rings is 1. The number of fused-ring (bicyclic) bond motifs is 1. The maximum absolute atomic E-state index is 13.5. The van der Waals surface area contributed by atoms with Crippen molar-refractivity contribution < 1.29 is 13.6 Å². The largest absolute Gasteiger partial charge is 0.445 e. The number of rotatable bonds is 4. The van der Waals surface area contributed by atoms with Gasteiger partial charge in [0.25, 0.3) is 5.91 Å². The Hall–Kier alpha value is -3.19. The molecule has 4 aromatic rings. The fourth-order valence-corrected chi connectivity index (χ4v) is 4.51. The van der Waals surface area contributed by atoms with E-state index in [-0.39, 0.29) is 17.6 Å². The summed E-state index contributed by atoms with van der Waals surface area (Å²) in [6.45, 7) is 3.02. The van der Waals surface area contributed by atoms with Gasteiger partial charge in [-0.2, -0.15) is 0 Å². The Balaban J connectivity index is 1.34. The van der Waals surface area contributed by atoms with Crippen LogP contribution >= 0.6 is 11.6 Å². The zero-order valence-electron chi connectivity index (χ0n) is 17.6. The highest BCUT2D eigenvalue weighted by Gasteiger charge is 2.30. The molecule has 0 N–H and O–H groups in total. The predicted octanol–water partition coefficient (Wildman–Crippen LogP) is 5.03. The number of benzene rings is 1. The first-order chi connectivity index (χ1) is 15.5. The Labute approximate surface area is 189 Å². The van der Waals surface area contributed by atoms with Gasteiger partial charge < -0.3 is 9.32 Å². The Morgan fingerprint density at radius 2 is 2.19 bits per heavy atom. The van der Waals surface area contributed by atoms with Gasteiger partial charge in [-0.25, -0.2) is 14.4 Å². The van der Waals surface area contributed by atoms with Crippen LogP contribution in [-0.4, -0.2) is 38.3 Å². The van der Waals surface area contributed by atoms with Crippen LogP contribution in [0.5, 0.6) is 0 Å². The van der Waals surface area contributed by atoms with E-state index in [1.807, 2.05) is 17.9 Å². The van der Waals surface area contributed by atoms with Crippen LogP contribution < -0.4 is 0 Å². The Morgan fingerprint density at radius 1 is 1.31 bits per heavy atom. The first-order valence-corrected chi connectivity index (χ1v) is 11.0. The number of halogens is 2. The molecule has 0 unspecified atom stereocenters. The Morgan fingerprint density at radius 3 is 3.03 bits per heavy atom. The molecule has 8 heteroatoms. The number of hydrogen-bond acceptors (Lipinski definition) is 4. The van der Waals surface area contributed by atoms with Crippen LogP contribution in [0.2, 0.25) is 5.02 Å². The number of hydrogen-bond donors (Lipinski definition) is 0. The van der Waals surface area contributed by atoms with Gasteiger partial charge >= 0.3 is 0 Å². The standard InChI is InChI=1S/C24H22ClFN4O2/c1-15-22(30-14-18(25)7-8-21(30)28-15)24(31)29-9-3-5-17(13-29)23-27-12-20(32-23)11-16-4-2-6-19(26)10-16/h2,4,6-8,10,12,14,17H,3,5,9,11,13H2,1H3/t17-/m0/s1. The molecule has 4 heterocycles. The van der Waals surface area contributed by atoms with Crippen molar-refractivity contribution >= 4 is 23.2 Å². The highest BCUT2D eigenvalue weighted by Crippen LogP contribution is 2.29. The van der Waals surface area contributed by atoms with Crippen molar-refractivity contribution in [3.05, 3.63) is 88.2 Å². The molecule has 1 amide bonds. The van der Waals surface area contributed by atoms with Crippen molar-refractivity contribution in [3.63, 3.8) is 0 Å². The summed E-state index contributed by atoms with van der Waals surface area (Å²) in [5.41, 5.74) is 2.73. The molecule has 0 saturated carbocycles. The van der Waals surface area contributed by atoms with Gasteiger partial charge in [0.05, 0.1) is 22.8 Å². The van der Waals surface area contributed by atoms with E-state index in [9.17, 15) is 9.18 Å². The van der Waals surface area contributed by atoms with Crippen LogP contribution in [0, 0.1) is 12.7 Å². The molecule has 3 aromatic heterocycles. The van der Waals surface area contributed by atoms with Crippen molar-refractivity contribution in [2.45, 2.75) is 32.1 Å². The summed E-state index contributed by atoms with van der Waals surface area (Å²) in [5.74, 6) is 0.964. The van der Waals surface area contributed by atoms with Crippen LogP contribution in [0.3, 0.4) is 0 Å². The zero-order valence-corrected chi connectivity index (χ0v) is 18.3. The summed E-state index contributed by atoms with van der Waals surface area (Å²) in [6.07, 6.45) is 5.63. The van der Waals surface area contributed by atoms with Crippen molar-refractivity contribution in [3.8, 4) is 0 Å². The Kier molecular flexibility index (Phi) is 5.43. The third-order valence-corrected chi connectivity index (χ3v) is 6.08. The molecule has 0 bridgehead atoms. The fourth-order valence-electron chi connectivity index (χ4n) is 4.35. The number of aryl methyl sites for hydroxylation is 1. The molecule has 1 fully saturated rings. The lowest BCUT2D eigenvalue weighted by molar-refractivity contribution is 0.0690. The minimum Gasteiger partial charge on any atom is -0.445 e. The number of nitrogens with zero attached hydrogens (tertiary/aromatic N) is 4. The maximum Gasteiger partial charge on any atom is 0.272 e. The minimum atomic E-state index is -0.271. The second-order valence-electron chi connectivity index (χ2n) is 8.18. The van der Waals surface area contributed by atoms with Gasteiger partial charge in [0.1, 0.15) is 22.9 Å². The highest BCUT2D eigenvalue weighted by atomic mass is 35.5. The van der Waals surface area contributed by atoms with Crippen molar-refractivity contribution in [2.75, 3.05) is 13.1 Å². The van der Waals surface area contributed by atoms with E-state index < -0.39 is 0 Å². The molecule has 5 rings (SSSR count). The number of likely N-dealkylation sites (tertiary alicyclic amines) is 1. The predicted molar refractivity (Wildman–Crippen MR) is 119 cm³/mol. The molecule has 1 aromatic carbocycles. The summed E-state index contributed by atoms with van der Waals surface area (Å²) >= 11 is 6.15. The van der Waals surface area contributed by atoms with Crippen LogP contribution in [0.4, 0.5) is 4.39 Å². The molecular weight excluding hydrogens is 431 g/mol. The first kappa shape index (κ1) is 20.7. The number of amides is 1. The number of imidazole rings is 1. The number of carbonyl (C=O) groups is 1. The van der Waals surface area contributed by atoms with Gasteiger partial charge in [-0.05, 0) is 49.6 Å². The molecule has 0 radical (unpaired) electrons. The van der Waals surface area contributed by atoms with E-state index in [0.29, 0.717) is 53.2 Å². The summed E-state index contributed by atoms with van der Waals surface area (Å²) in [4.78, 5) is 24.2. The lowest BCUT2D eigenvalue weighted by atomic mass is 9.97. The molecule has 0 aliphatic carbocycles. The van der Waals surface area contributed by atoms with Crippen LogP contribution in [-0.2, 0) is 6.42 Å². The SMILES string of the molecule is Cc1nc2ccc(Cl)cn2c1C(=O)N1CCC[C@H](c2ncc(Cc3cccc(F)c3)o2)C1. The van der Waals surface area contributed by atoms with Gasteiger partial charge in [0.15, 0.2) is 5.89 Å². The number of carbonyl (C=O) groups excluding carboxylic acids is 1. The van der Waals surface area contributed by atoms with Crippen molar-refractivity contribution in [1.82, 2.24) is 19.3 Å². The van der Waals surface area contributed by atoms with Crippen molar-refractivity contribution in [1.29, 1.82) is 0 Å². The van der Waals surface area contributed by atoms with Crippen molar-refractivity contribution in [2.24, 2.45) is 0 Å². The molecular formula is C24H22ClFN4O2. The van der Waals surface area contributed by atoms with Gasteiger partial charge in [-0.15, -0.1) is 0 Å². The minimum absolute atomic E-state index is 0.0111. The lowest BCUT2D eigenvalue weighted by Gasteiger charge is -2.31. The third kappa shape index (κ3) is 4.00. The average molecular weight is 453 g/mol. The first-order valence-electron chi connectivity index (χ1n) is 10.6. The van der Waals surface area contributed by atoms with Gasteiger partial charge in [-0.1, -0.05) is 23.7 Å². The van der Waals surface area contributed by atoms with E-state index >= 15 is 0 Å². The van der Waals surface area contributed by atoms with Gasteiger partial charge in [0.2, 0.25) is 0 Å². The quantitative estimate of drug-likeness (QED) is 0.435. The number of aromatic nitrogens is 3. The molecule has 1 aliphatic rings. The Bertz CT molecular complexity index is 1300. The zero-order chi connectivity index (χ0) is 22.2. The average Bonchev–Trinajstić information content (AvgIpc) is 3.37. The maximum atomic E-state index is 13.5. The molecule has 1 aliphatic heterocycles. The van der Waals surface area contributed by atoms with E-state index in [4.69, 9.17) is 16.0 Å². The molecule has 164 valence electrons. The molecule has 32 heavy (non-hydrogen) atoms. The molecule has 6 nitrogen and oxygen atoms in total. The van der Waals surface area contributed by atoms with E-state index in [0.717, 1.165) is 18.4 Å². The lowest BCUT2D eigenvalue weighted by Crippen LogP contribution is -2.40. The molecule has 1 atom stereocenters.